The Hall–Kier alpha value is -1.44. The summed E-state index contributed by atoms with van der Waals surface area (Å²) in [6, 6.07) is 0. The first-order chi connectivity index (χ1) is 20.1. The van der Waals surface area contributed by atoms with Crippen LogP contribution in [0.5, 0.6) is 0 Å². The zero-order valence-corrected chi connectivity index (χ0v) is 29.8. The molecule has 0 amide bonds. The SMILES string of the molecule is CC(=O)O[C@H](C)[C@H](OCC(C)(C)N)C1(C)COC[C@@]2(C)C3=CC[C@@]4(C)[C@H](C(=O)O)[C@@](C)([C@H](C)C(C)C)CC[C@]4(C)[C@H]3CC[C@@H]12. The molecule has 4 aliphatic rings. The number of hydrogen-bond acceptors (Lipinski definition) is 6. The van der Waals surface area contributed by atoms with E-state index < -0.39 is 28.9 Å². The molecule has 0 bridgehead atoms. The Labute approximate surface area is 267 Å². The Bertz CT molecular complexity index is 1140. The van der Waals surface area contributed by atoms with Gasteiger partial charge in [-0.2, -0.15) is 0 Å². The number of nitrogens with two attached hydrogens (primary N) is 1. The van der Waals surface area contributed by atoms with Crippen LogP contribution in [0.25, 0.3) is 0 Å². The van der Waals surface area contributed by atoms with Crippen LogP contribution in [-0.2, 0) is 23.8 Å². The molecule has 0 radical (unpaired) electrons. The van der Waals surface area contributed by atoms with Gasteiger partial charge in [0, 0.05) is 23.3 Å². The molecule has 3 fully saturated rings. The third-order valence-corrected chi connectivity index (χ3v) is 13.8. The highest BCUT2D eigenvalue weighted by atomic mass is 16.6. The summed E-state index contributed by atoms with van der Waals surface area (Å²) in [6.45, 7) is 27.1. The van der Waals surface area contributed by atoms with Crippen LogP contribution in [0.1, 0.15) is 115 Å². The highest BCUT2D eigenvalue weighted by Crippen LogP contribution is 2.73. The van der Waals surface area contributed by atoms with Crippen LogP contribution >= 0.6 is 0 Å². The lowest BCUT2D eigenvalue weighted by Crippen LogP contribution is -2.66. The fourth-order valence-corrected chi connectivity index (χ4v) is 11.1. The molecule has 0 aromatic heterocycles. The van der Waals surface area contributed by atoms with Gasteiger partial charge in [0.25, 0.3) is 0 Å². The minimum atomic E-state index is -0.638. The second-order valence-corrected chi connectivity index (χ2v) is 17.6. The maximum Gasteiger partial charge on any atom is 0.307 e. The van der Waals surface area contributed by atoms with E-state index in [1.165, 1.54) is 12.5 Å². The van der Waals surface area contributed by atoms with E-state index in [1.807, 2.05) is 20.8 Å². The fourth-order valence-electron chi connectivity index (χ4n) is 11.1. The maximum absolute atomic E-state index is 13.3. The van der Waals surface area contributed by atoms with Crippen molar-refractivity contribution in [1.29, 1.82) is 0 Å². The van der Waals surface area contributed by atoms with Crippen molar-refractivity contribution < 1.29 is 28.9 Å². The normalized spacial score (nSPS) is 42.7. The van der Waals surface area contributed by atoms with Gasteiger partial charge in [-0.3, -0.25) is 9.59 Å². The summed E-state index contributed by atoms with van der Waals surface area (Å²) < 4.78 is 18.9. The van der Waals surface area contributed by atoms with Gasteiger partial charge in [-0.1, -0.05) is 67.0 Å². The number of carboxylic acid groups (broad SMARTS) is 1. The van der Waals surface area contributed by atoms with Crippen molar-refractivity contribution >= 4 is 11.9 Å². The van der Waals surface area contributed by atoms with E-state index in [2.05, 4.69) is 61.5 Å². The van der Waals surface area contributed by atoms with Crippen molar-refractivity contribution in [2.75, 3.05) is 19.8 Å². The minimum Gasteiger partial charge on any atom is -0.481 e. The lowest BCUT2D eigenvalue weighted by atomic mass is 9.35. The monoisotopic (exact) mass is 617 g/mol. The van der Waals surface area contributed by atoms with Gasteiger partial charge in [-0.15, -0.1) is 0 Å². The van der Waals surface area contributed by atoms with E-state index >= 15 is 0 Å². The molecule has 2 saturated carbocycles. The van der Waals surface area contributed by atoms with Crippen molar-refractivity contribution in [2.24, 2.45) is 62.4 Å². The number of carbonyl (C=O) groups excluding carboxylic acids is 1. The van der Waals surface area contributed by atoms with E-state index in [-0.39, 0.29) is 39.7 Å². The molecule has 11 atom stereocenters. The van der Waals surface area contributed by atoms with E-state index in [0.717, 1.165) is 32.1 Å². The molecule has 1 aliphatic heterocycles. The number of fused-ring (bicyclic) bond motifs is 5. The summed E-state index contributed by atoms with van der Waals surface area (Å²) in [4.78, 5) is 25.4. The van der Waals surface area contributed by atoms with Crippen LogP contribution in [0.15, 0.2) is 11.6 Å². The number of ether oxygens (including phenoxy) is 3. The maximum atomic E-state index is 13.3. The highest BCUT2D eigenvalue weighted by molar-refractivity contribution is 5.73. The van der Waals surface area contributed by atoms with Crippen molar-refractivity contribution in [2.45, 2.75) is 133 Å². The average Bonchev–Trinajstić information content (AvgIpc) is 2.87. The predicted molar refractivity (Wildman–Crippen MR) is 174 cm³/mol. The van der Waals surface area contributed by atoms with E-state index in [0.29, 0.717) is 37.6 Å². The number of carboxylic acids is 1. The lowest BCUT2D eigenvalue weighted by molar-refractivity contribution is -0.227. The van der Waals surface area contributed by atoms with Gasteiger partial charge in [0.2, 0.25) is 0 Å². The molecule has 7 heteroatoms. The van der Waals surface area contributed by atoms with E-state index in [4.69, 9.17) is 19.9 Å². The van der Waals surface area contributed by atoms with Crippen LogP contribution < -0.4 is 5.73 Å². The van der Waals surface area contributed by atoms with Crippen LogP contribution in [0.2, 0.25) is 0 Å². The molecule has 1 unspecified atom stereocenters. The number of hydrogen-bond donors (Lipinski definition) is 2. The topological polar surface area (TPSA) is 108 Å². The first kappa shape index (κ1) is 35.4. The molecule has 1 heterocycles. The minimum absolute atomic E-state index is 0.136. The molecule has 7 nitrogen and oxygen atoms in total. The van der Waals surface area contributed by atoms with Gasteiger partial charge in [0.15, 0.2) is 0 Å². The number of aliphatic carboxylic acids is 1. The van der Waals surface area contributed by atoms with Gasteiger partial charge in [0.05, 0.1) is 25.7 Å². The summed E-state index contributed by atoms with van der Waals surface area (Å²) >= 11 is 0. The summed E-state index contributed by atoms with van der Waals surface area (Å²) in [5, 5.41) is 10.9. The third kappa shape index (κ3) is 5.49. The second-order valence-electron chi connectivity index (χ2n) is 17.6. The zero-order valence-electron chi connectivity index (χ0n) is 29.8. The van der Waals surface area contributed by atoms with Crippen molar-refractivity contribution in [3.8, 4) is 0 Å². The van der Waals surface area contributed by atoms with Gasteiger partial charge < -0.3 is 25.1 Å². The standard InChI is InChI=1S/C37H63NO6/c1-22(2)23(3)33(8)17-18-36(11)27-13-14-28-34(9,26(27)15-16-37(36,12)29(33)31(40)41)20-42-21-35(28,10)30(24(4)44-25(5)39)43-19-32(6,7)38/h15,22-24,27-30H,13-14,16-21,38H2,1-12H3,(H,40,41)/t23-,24-,27+,28-,29-,30+,33-,34+,35?,36-,37+/m1/s1. The smallest absolute Gasteiger partial charge is 0.307 e. The molecule has 0 aromatic carbocycles. The van der Waals surface area contributed by atoms with Crippen LogP contribution in [0.4, 0.5) is 0 Å². The summed E-state index contributed by atoms with van der Waals surface area (Å²) in [5.74, 6) is -0.104. The molecule has 44 heavy (non-hydrogen) atoms. The second kappa shape index (κ2) is 11.7. The molecule has 252 valence electrons. The molecular formula is C37H63NO6. The zero-order chi connectivity index (χ0) is 33.3. The van der Waals surface area contributed by atoms with E-state index in [1.54, 1.807) is 0 Å². The third-order valence-electron chi connectivity index (χ3n) is 13.8. The Morgan fingerprint density at radius 3 is 2.20 bits per heavy atom. The Kier molecular flexibility index (Phi) is 9.39. The molecule has 0 spiro atoms. The molecule has 3 aliphatic carbocycles. The first-order valence-electron chi connectivity index (χ1n) is 17.2. The van der Waals surface area contributed by atoms with Gasteiger partial charge >= 0.3 is 11.9 Å². The largest absolute Gasteiger partial charge is 0.481 e. The molecule has 4 rings (SSSR count). The van der Waals surface area contributed by atoms with Crippen LogP contribution in [-0.4, -0.2) is 54.6 Å². The first-order valence-corrected chi connectivity index (χ1v) is 17.2. The molecule has 3 N–H and O–H groups in total. The quantitative estimate of drug-likeness (QED) is 0.207. The van der Waals surface area contributed by atoms with Crippen LogP contribution in [0.3, 0.4) is 0 Å². The van der Waals surface area contributed by atoms with Gasteiger partial charge in [0.1, 0.15) is 12.2 Å². The fraction of sp³-hybridized carbons (Fsp3) is 0.892. The van der Waals surface area contributed by atoms with Crippen molar-refractivity contribution in [3.05, 3.63) is 11.6 Å². The Balaban J connectivity index is 1.77. The number of allylic oxidation sites excluding steroid dienone is 1. The Morgan fingerprint density at radius 1 is 1.02 bits per heavy atom. The van der Waals surface area contributed by atoms with Gasteiger partial charge in [-0.25, -0.2) is 0 Å². The van der Waals surface area contributed by atoms with Gasteiger partial charge in [-0.05, 0) is 92.8 Å². The lowest BCUT2D eigenvalue weighted by Gasteiger charge is -2.69. The Morgan fingerprint density at radius 2 is 1.66 bits per heavy atom. The van der Waals surface area contributed by atoms with Crippen molar-refractivity contribution in [1.82, 2.24) is 0 Å². The number of esters is 1. The average molecular weight is 618 g/mol. The molecule has 0 aromatic rings. The summed E-state index contributed by atoms with van der Waals surface area (Å²) in [6.07, 6.45) is 6.31. The summed E-state index contributed by atoms with van der Waals surface area (Å²) in [7, 11) is 0. The van der Waals surface area contributed by atoms with E-state index in [9.17, 15) is 14.7 Å². The molecular weight excluding hydrogens is 554 g/mol. The van der Waals surface area contributed by atoms with Crippen LogP contribution in [0, 0.1) is 56.7 Å². The van der Waals surface area contributed by atoms with Crippen molar-refractivity contribution in [3.63, 3.8) is 0 Å². The highest BCUT2D eigenvalue weighted by Gasteiger charge is 2.69. The molecule has 1 saturated heterocycles. The number of carbonyl (C=O) groups is 2. The summed E-state index contributed by atoms with van der Waals surface area (Å²) in [5.41, 5.74) is 5.88. The number of rotatable bonds is 9. The predicted octanol–water partition coefficient (Wildman–Crippen LogP) is 7.27.